The van der Waals surface area contributed by atoms with Crippen molar-refractivity contribution in [1.29, 1.82) is 0 Å². The first-order chi connectivity index (χ1) is 6.68. The van der Waals surface area contributed by atoms with Crippen LogP contribution < -0.4 is 11.5 Å². The Morgan fingerprint density at radius 2 is 2.00 bits per heavy atom. The van der Waals surface area contributed by atoms with Gasteiger partial charge >= 0.3 is 0 Å². The van der Waals surface area contributed by atoms with Crippen LogP contribution in [0.25, 0.3) is 10.8 Å². The zero-order chi connectivity index (χ0) is 10.1. The molecule has 4 nitrogen and oxygen atoms in total. The van der Waals surface area contributed by atoms with Gasteiger partial charge in [-0.05, 0) is 11.5 Å². The lowest BCUT2D eigenvalue weighted by Gasteiger charge is -2.02. The smallest absolute Gasteiger partial charge is 0.267 e. The van der Waals surface area contributed by atoms with Crippen molar-refractivity contribution in [2.45, 2.75) is 0 Å². The number of hydrogen-bond donors (Lipinski definition) is 2. The van der Waals surface area contributed by atoms with E-state index in [1.165, 1.54) is 0 Å². The molecule has 0 aliphatic heterocycles. The summed E-state index contributed by atoms with van der Waals surface area (Å²) in [5.74, 6) is -0.237. The number of carbonyl (C=O) groups excluding carboxylic acids is 1. The van der Waals surface area contributed by atoms with Crippen LogP contribution in [0.2, 0.25) is 0 Å². The number of aromatic nitrogens is 1. The molecule has 1 heterocycles. The largest absolute Gasteiger partial charge is 0.383 e. The van der Waals surface area contributed by atoms with Gasteiger partial charge < -0.3 is 11.5 Å². The predicted molar refractivity (Wildman–Crippen MR) is 54.7 cm³/mol. The molecule has 0 aliphatic rings. The van der Waals surface area contributed by atoms with E-state index in [2.05, 4.69) is 4.98 Å². The number of nitrogens with zero attached hydrogens (tertiary/aromatic N) is 1. The van der Waals surface area contributed by atoms with Gasteiger partial charge in [-0.3, -0.25) is 4.79 Å². The lowest BCUT2D eigenvalue weighted by atomic mass is 10.1. The minimum Gasteiger partial charge on any atom is -0.383 e. The molecule has 4 heteroatoms. The minimum atomic E-state index is -0.567. The quantitative estimate of drug-likeness (QED) is 0.696. The number of carbonyl (C=O) groups is 1. The average Bonchev–Trinajstić information content (AvgIpc) is 2.17. The number of anilines is 1. The Bertz CT molecular complexity index is 508. The number of primary amides is 1. The summed E-state index contributed by atoms with van der Waals surface area (Å²) in [4.78, 5) is 14.8. The first-order valence-electron chi connectivity index (χ1n) is 4.13. The van der Waals surface area contributed by atoms with Crippen LogP contribution in [0.4, 0.5) is 5.82 Å². The molecule has 0 aliphatic carbocycles. The van der Waals surface area contributed by atoms with E-state index in [0.717, 1.165) is 10.8 Å². The molecule has 0 atom stereocenters. The highest BCUT2D eigenvalue weighted by atomic mass is 16.1. The molecule has 0 radical (unpaired) electrons. The molecule has 0 fully saturated rings. The SMILES string of the molecule is NC(=O)c1cc2ccccc2c(N)n1. The zero-order valence-corrected chi connectivity index (χ0v) is 7.40. The molecule has 0 saturated heterocycles. The lowest BCUT2D eigenvalue weighted by Crippen LogP contribution is -2.13. The maximum Gasteiger partial charge on any atom is 0.267 e. The molecule has 0 unspecified atom stereocenters. The lowest BCUT2D eigenvalue weighted by molar-refractivity contribution is 0.0996. The molecule has 1 amide bonds. The van der Waals surface area contributed by atoms with Crippen LogP contribution >= 0.6 is 0 Å². The van der Waals surface area contributed by atoms with E-state index in [1.807, 2.05) is 24.3 Å². The first kappa shape index (κ1) is 8.50. The van der Waals surface area contributed by atoms with Gasteiger partial charge in [0.1, 0.15) is 11.5 Å². The monoisotopic (exact) mass is 187 g/mol. The van der Waals surface area contributed by atoms with E-state index in [-0.39, 0.29) is 5.69 Å². The number of nitrogen functional groups attached to an aromatic ring is 1. The van der Waals surface area contributed by atoms with Gasteiger partial charge in [0.05, 0.1) is 0 Å². The standard InChI is InChI=1S/C10H9N3O/c11-9-7-4-2-1-3-6(7)5-8(13-9)10(12)14/h1-5H,(H2,11,13)(H2,12,14). The molecule has 2 aromatic rings. The molecule has 2 rings (SSSR count). The van der Waals surface area contributed by atoms with E-state index in [0.29, 0.717) is 5.82 Å². The normalized spacial score (nSPS) is 10.3. The Labute approximate surface area is 80.5 Å². The summed E-state index contributed by atoms with van der Waals surface area (Å²) in [6.45, 7) is 0. The maximum atomic E-state index is 10.9. The summed E-state index contributed by atoms with van der Waals surface area (Å²) in [5.41, 5.74) is 11.0. The molecule has 0 spiro atoms. The van der Waals surface area contributed by atoms with Crippen LogP contribution in [0.3, 0.4) is 0 Å². The van der Waals surface area contributed by atoms with Gasteiger partial charge in [-0.2, -0.15) is 0 Å². The van der Waals surface area contributed by atoms with Crippen LogP contribution in [-0.4, -0.2) is 10.9 Å². The maximum absolute atomic E-state index is 10.9. The minimum absolute atomic E-state index is 0.196. The van der Waals surface area contributed by atoms with Crippen molar-refractivity contribution in [3.63, 3.8) is 0 Å². The van der Waals surface area contributed by atoms with Gasteiger partial charge in [-0.15, -0.1) is 0 Å². The average molecular weight is 187 g/mol. The van der Waals surface area contributed by atoms with Crippen LogP contribution in [0.5, 0.6) is 0 Å². The Balaban J connectivity index is 2.78. The van der Waals surface area contributed by atoms with Crippen LogP contribution in [-0.2, 0) is 0 Å². The summed E-state index contributed by atoms with van der Waals surface area (Å²) in [5, 5.41) is 1.70. The van der Waals surface area contributed by atoms with Gasteiger partial charge in [0.2, 0.25) is 0 Å². The Morgan fingerprint density at radius 1 is 1.29 bits per heavy atom. The van der Waals surface area contributed by atoms with E-state index < -0.39 is 5.91 Å². The molecule has 0 bridgehead atoms. The van der Waals surface area contributed by atoms with E-state index >= 15 is 0 Å². The third-order valence-electron chi connectivity index (χ3n) is 2.02. The zero-order valence-electron chi connectivity index (χ0n) is 7.40. The topological polar surface area (TPSA) is 82.0 Å². The Morgan fingerprint density at radius 3 is 2.71 bits per heavy atom. The summed E-state index contributed by atoms with van der Waals surface area (Å²) < 4.78 is 0. The van der Waals surface area contributed by atoms with Gasteiger partial charge in [0.25, 0.3) is 5.91 Å². The summed E-state index contributed by atoms with van der Waals surface area (Å²) >= 11 is 0. The highest BCUT2D eigenvalue weighted by Gasteiger charge is 2.06. The Kier molecular flexibility index (Phi) is 1.81. The summed E-state index contributed by atoms with van der Waals surface area (Å²) in [6, 6.07) is 9.08. The Hall–Kier alpha value is -2.10. The van der Waals surface area contributed by atoms with E-state index in [1.54, 1.807) is 6.07 Å². The molecular weight excluding hydrogens is 178 g/mol. The second kappa shape index (κ2) is 2.99. The second-order valence-corrected chi connectivity index (χ2v) is 2.98. The molecule has 70 valence electrons. The highest BCUT2D eigenvalue weighted by molar-refractivity contribution is 5.99. The van der Waals surface area contributed by atoms with E-state index in [9.17, 15) is 4.79 Å². The summed E-state index contributed by atoms with van der Waals surface area (Å²) in [6.07, 6.45) is 0. The molecular formula is C10H9N3O. The van der Waals surface area contributed by atoms with Crippen molar-refractivity contribution < 1.29 is 4.79 Å². The number of nitrogens with two attached hydrogens (primary N) is 2. The van der Waals surface area contributed by atoms with Crippen LogP contribution in [0.15, 0.2) is 30.3 Å². The van der Waals surface area contributed by atoms with Gasteiger partial charge in [0, 0.05) is 5.39 Å². The van der Waals surface area contributed by atoms with Crippen molar-refractivity contribution in [2.24, 2.45) is 5.73 Å². The van der Waals surface area contributed by atoms with Crippen molar-refractivity contribution >= 4 is 22.5 Å². The predicted octanol–water partition coefficient (Wildman–Crippen LogP) is 0.916. The van der Waals surface area contributed by atoms with E-state index in [4.69, 9.17) is 11.5 Å². The number of hydrogen-bond acceptors (Lipinski definition) is 3. The molecule has 1 aromatic heterocycles. The fourth-order valence-electron chi connectivity index (χ4n) is 1.35. The summed E-state index contributed by atoms with van der Waals surface area (Å²) in [7, 11) is 0. The van der Waals surface area contributed by atoms with Crippen molar-refractivity contribution in [1.82, 2.24) is 4.98 Å². The second-order valence-electron chi connectivity index (χ2n) is 2.98. The molecule has 1 aromatic carbocycles. The van der Waals surface area contributed by atoms with Crippen LogP contribution in [0.1, 0.15) is 10.5 Å². The number of fused-ring (bicyclic) bond motifs is 1. The first-order valence-corrected chi connectivity index (χ1v) is 4.13. The number of benzene rings is 1. The number of rotatable bonds is 1. The third kappa shape index (κ3) is 1.26. The fourth-order valence-corrected chi connectivity index (χ4v) is 1.35. The van der Waals surface area contributed by atoms with Gasteiger partial charge in [0.15, 0.2) is 0 Å². The van der Waals surface area contributed by atoms with Crippen molar-refractivity contribution in [3.05, 3.63) is 36.0 Å². The third-order valence-corrected chi connectivity index (χ3v) is 2.02. The molecule has 0 saturated carbocycles. The van der Waals surface area contributed by atoms with Crippen LogP contribution in [0, 0.1) is 0 Å². The molecule has 14 heavy (non-hydrogen) atoms. The van der Waals surface area contributed by atoms with Crippen molar-refractivity contribution in [2.75, 3.05) is 5.73 Å². The van der Waals surface area contributed by atoms with Gasteiger partial charge in [-0.1, -0.05) is 24.3 Å². The van der Waals surface area contributed by atoms with Gasteiger partial charge in [-0.25, -0.2) is 4.98 Å². The fraction of sp³-hybridized carbons (Fsp3) is 0. The molecule has 4 N–H and O–H groups in total. The number of pyridine rings is 1. The van der Waals surface area contributed by atoms with Crippen molar-refractivity contribution in [3.8, 4) is 0 Å². The highest BCUT2D eigenvalue weighted by Crippen LogP contribution is 2.19. The number of amides is 1.